The number of nitrogens with two attached hydrogens (primary N) is 1. The zero-order chi connectivity index (χ0) is 14.7. The van der Waals surface area contributed by atoms with Crippen LogP contribution in [0, 0.1) is 12.7 Å². The van der Waals surface area contributed by atoms with Gasteiger partial charge in [-0.3, -0.25) is 11.3 Å². The van der Waals surface area contributed by atoms with Crippen LogP contribution in [0.2, 0.25) is 10.0 Å². The molecule has 0 amide bonds. The summed E-state index contributed by atoms with van der Waals surface area (Å²) in [6.07, 6.45) is 0.575. The summed E-state index contributed by atoms with van der Waals surface area (Å²) in [5, 5.41) is 1.11. The van der Waals surface area contributed by atoms with Crippen LogP contribution in [0.25, 0.3) is 0 Å². The first kappa shape index (κ1) is 15.3. The Bertz CT molecular complexity index is 597. The van der Waals surface area contributed by atoms with Gasteiger partial charge in [-0.2, -0.15) is 0 Å². The van der Waals surface area contributed by atoms with Gasteiger partial charge in [0, 0.05) is 15.6 Å². The molecule has 3 N–H and O–H groups in total. The third-order valence-electron chi connectivity index (χ3n) is 3.28. The fourth-order valence-corrected chi connectivity index (χ4v) is 2.86. The van der Waals surface area contributed by atoms with Crippen LogP contribution in [-0.2, 0) is 6.42 Å². The summed E-state index contributed by atoms with van der Waals surface area (Å²) in [6, 6.07) is 9.77. The van der Waals surface area contributed by atoms with Crippen LogP contribution < -0.4 is 11.3 Å². The molecule has 20 heavy (non-hydrogen) atoms. The van der Waals surface area contributed by atoms with Gasteiger partial charge in [-0.25, -0.2) is 4.39 Å². The van der Waals surface area contributed by atoms with Crippen molar-refractivity contribution in [1.82, 2.24) is 5.43 Å². The average Bonchev–Trinajstić information content (AvgIpc) is 2.39. The first-order chi connectivity index (χ1) is 9.52. The Morgan fingerprint density at radius 3 is 2.40 bits per heavy atom. The maximum atomic E-state index is 13.1. The summed E-state index contributed by atoms with van der Waals surface area (Å²) in [6.45, 7) is 1.86. The van der Waals surface area contributed by atoms with E-state index in [1.165, 1.54) is 12.1 Å². The van der Waals surface area contributed by atoms with Crippen molar-refractivity contribution in [2.75, 3.05) is 0 Å². The van der Waals surface area contributed by atoms with Gasteiger partial charge in [-0.05, 0) is 48.7 Å². The van der Waals surface area contributed by atoms with Crippen LogP contribution in [0.3, 0.4) is 0 Å². The van der Waals surface area contributed by atoms with Crippen molar-refractivity contribution in [3.05, 3.63) is 69.0 Å². The Labute approximate surface area is 127 Å². The van der Waals surface area contributed by atoms with Gasteiger partial charge in [0.2, 0.25) is 0 Å². The van der Waals surface area contributed by atoms with Gasteiger partial charge in [0.05, 0.1) is 6.04 Å². The number of hydrogen-bond donors (Lipinski definition) is 2. The molecular formula is C15H15Cl2FN2. The van der Waals surface area contributed by atoms with Gasteiger partial charge in [-0.15, -0.1) is 0 Å². The van der Waals surface area contributed by atoms with Crippen LogP contribution in [0.5, 0.6) is 0 Å². The minimum atomic E-state index is -0.251. The Balaban J connectivity index is 2.34. The van der Waals surface area contributed by atoms with Crippen molar-refractivity contribution in [3.63, 3.8) is 0 Å². The van der Waals surface area contributed by atoms with Crippen molar-refractivity contribution in [2.24, 2.45) is 5.84 Å². The molecule has 106 valence electrons. The Morgan fingerprint density at radius 1 is 1.20 bits per heavy atom. The molecule has 1 unspecified atom stereocenters. The van der Waals surface area contributed by atoms with Crippen LogP contribution in [-0.4, -0.2) is 0 Å². The molecule has 0 saturated heterocycles. The molecule has 2 aromatic rings. The van der Waals surface area contributed by atoms with Crippen molar-refractivity contribution in [2.45, 2.75) is 19.4 Å². The van der Waals surface area contributed by atoms with E-state index < -0.39 is 0 Å². The summed E-state index contributed by atoms with van der Waals surface area (Å²) < 4.78 is 13.1. The lowest BCUT2D eigenvalue weighted by Crippen LogP contribution is -2.30. The molecule has 0 radical (unpaired) electrons. The SMILES string of the molecule is Cc1cc(F)ccc1CC(NN)c1c(Cl)cccc1Cl. The largest absolute Gasteiger partial charge is 0.271 e. The standard InChI is InChI=1S/C15H15Cl2FN2/c1-9-7-11(18)6-5-10(9)8-14(20-19)15-12(16)3-2-4-13(15)17/h2-7,14,20H,8,19H2,1H3. The molecule has 0 heterocycles. The second-order valence-electron chi connectivity index (χ2n) is 4.63. The van der Waals surface area contributed by atoms with Gasteiger partial charge >= 0.3 is 0 Å². The second-order valence-corrected chi connectivity index (χ2v) is 5.44. The molecular weight excluding hydrogens is 298 g/mol. The van der Waals surface area contributed by atoms with Crippen molar-refractivity contribution >= 4 is 23.2 Å². The number of aryl methyl sites for hydroxylation is 1. The zero-order valence-electron chi connectivity index (χ0n) is 11.0. The minimum Gasteiger partial charge on any atom is -0.271 e. The van der Waals surface area contributed by atoms with E-state index in [2.05, 4.69) is 5.43 Å². The van der Waals surface area contributed by atoms with Crippen LogP contribution in [0.15, 0.2) is 36.4 Å². The molecule has 0 fully saturated rings. The van der Waals surface area contributed by atoms with Crippen LogP contribution in [0.4, 0.5) is 4.39 Å². The number of halogens is 3. The van der Waals surface area contributed by atoms with E-state index in [0.29, 0.717) is 16.5 Å². The Kier molecular flexibility index (Phi) is 5.00. The quantitative estimate of drug-likeness (QED) is 0.656. The molecule has 0 aliphatic rings. The number of benzene rings is 2. The molecule has 1 atom stereocenters. The topological polar surface area (TPSA) is 38.0 Å². The molecule has 0 bridgehead atoms. The maximum absolute atomic E-state index is 13.1. The smallest absolute Gasteiger partial charge is 0.123 e. The fourth-order valence-electron chi connectivity index (χ4n) is 2.20. The molecule has 5 heteroatoms. The Hall–Kier alpha value is -1.13. The summed E-state index contributed by atoms with van der Waals surface area (Å²) in [7, 11) is 0. The van der Waals surface area contributed by atoms with Crippen molar-refractivity contribution < 1.29 is 4.39 Å². The van der Waals surface area contributed by atoms with Gasteiger partial charge in [0.15, 0.2) is 0 Å². The highest BCUT2D eigenvalue weighted by molar-refractivity contribution is 6.36. The normalized spacial score (nSPS) is 12.4. The number of hydrogen-bond acceptors (Lipinski definition) is 2. The van der Waals surface area contributed by atoms with E-state index in [1.54, 1.807) is 24.3 Å². The predicted octanol–water partition coefficient (Wildman–Crippen LogP) is 4.19. The van der Waals surface area contributed by atoms with Gasteiger partial charge in [-0.1, -0.05) is 35.3 Å². The summed E-state index contributed by atoms with van der Waals surface area (Å²) in [5.41, 5.74) is 5.34. The lowest BCUT2D eigenvalue weighted by molar-refractivity contribution is 0.549. The van der Waals surface area contributed by atoms with Gasteiger partial charge in [0.1, 0.15) is 5.82 Å². The molecule has 2 rings (SSSR count). The third-order valence-corrected chi connectivity index (χ3v) is 3.94. The lowest BCUT2D eigenvalue weighted by Gasteiger charge is -2.20. The minimum absolute atomic E-state index is 0.236. The number of nitrogens with one attached hydrogen (secondary N) is 1. The summed E-state index contributed by atoms with van der Waals surface area (Å²) in [5.74, 6) is 5.38. The van der Waals surface area contributed by atoms with Crippen LogP contribution in [0.1, 0.15) is 22.7 Å². The highest BCUT2D eigenvalue weighted by atomic mass is 35.5. The monoisotopic (exact) mass is 312 g/mol. The van der Waals surface area contributed by atoms with Crippen molar-refractivity contribution in [1.29, 1.82) is 0 Å². The molecule has 0 aliphatic heterocycles. The average molecular weight is 313 g/mol. The van der Waals surface area contributed by atoms with Crippen molar-refractivity contribution in [3.8, 4) is 0 Å². The van der Waals surface area contributed by atoms with E-state index in [-0.39, 0.29) is 11.9 Å². The Morgan fingerprint density at radius 2 is 1.85 bits per heavy atom. The van der Waals surface area contributed by atoms with E-state index in [0.717, 1.165) is 16.7 Å². The van der Waals surface area contributed by atoms with Gasteiger partial charge in [0.25, 0.3) is 0 Å². The molecule has 2 nitrogen and oxygen atoms in total. The highest BCUT2D eigenvalue weighted by Crippen LogP contribution is 2.32. The predicted molar refractivity (Wildman–Crippen MR) is 81.4 cm³/mol. The number of hydrazine groups is 1. The van der Waals surface area contributed by atoms with E-state index >= 15 is 0 Å². The molecule has 0 saturated carbocycles. The van der Waals surface area contributed by atoms with Crippen LogP contribution >= 0.6 is 23.2 Å². The zero-order valence-corrected chi connectivity index (χ0v) is 12.5. The second kappa shape index (κ2) is 6.55. The van der Waals surface area contributed by atoms with E-state index in [9.17, 15) is 4.39 Å². The highest BCUT2D eigenvalue weighted by Gasteiger charge is 2.18. The third kappa shape index (κ3) is 3.30. The number of rotatable bonds is 4. The van der Waals surface area contributed by atoms with Gasteiger partial charge < -0.3 is 0 Å². The molecule has 0 spiro atoms. The first-order valence-corrected chi connectivity index (χ1v) is 6.93. The fraction of sp³-hybridized carbons (Fsp3) is 0.200. The maximum Gasteiger partial charge on any atom is 0.123 e. The first-order valence-electron chi connectivity index (χ1n) is 6.18. The molecule has 0 aromatic heterocycles. The summed E-state index contributed by atoms with van der Waals surface area (Å²) >= 11 is 12.4. The van der Waals surface area contributed by atoms with E-state index in [4.69, 9.17) is 29.0 Å². The lowest BCUT2D eigenvalue weighted by atomic mass is 9.96. The molecule has 2 aromatic carbocycles. The van der Waals surface area contributed by atoms with E-state index in [1.807, 2.05) is 6.92 Å². The summed E-state index contributed by atoms with van der Waals surface area (Å²) in [4.78, 5) is 0. The molecule has 0 aliphatic carbocycles.